The first-order chi connectivity index (χ1) is 16.0. The van der Waals surface area contributed by atoms with Gasteiger partial charge < -0.3 is 15.0 Å². The molecule has 3 aromatic rings. The van der Waals surface area contributed by atoms with Crippen molar-refractivity contribution >= 4 is 11.8 Å². The maximum atomic E-state index is 13.2. The van der Waals surface area contributed by atoms with Crippen molar-refractivity contribution in [2.45, 2.75) is 25.9 Å². The number of hydrogen-bond donors (Lipinski definition) is 1. The first kappa shape index (κ1) is 22.6. The number of amides is 2. The Balaban J connectivity index is 1.58. The summed E-state index contributed by atoms with van der Waals surface area (Å²) < 4.78 is 6.09. The third-order valence-electron chi connectivity index (χ3n) is 5.80. The fourth-order valence-corrected chi connectivity index (χ4v) is 4.14. The van der Waals surface area contributed by atoms with Crippen LogP contribution in [0.3, 0.4) is 0 Å². The number of nitrogens with one attached hydrogen (secondary N) is 1. The summed E-state index contributed by atoms with van der Waals surface area (Å²) in [5.74, 6) is -0.473. The van der Waals surface area contributed by atoms with E-state index in [1.54, 1.807) is 4.90 Å². The number of aryl methyl sites for hydroxylation is 1. The van der Waals surface area contributed by atoms with Crippen molar-refractivity contribution in [3.8, 4) is 11.1 Å². The second kappa shape index (κ2) is 9.92. The summed E-state index contributed by atoms with van der Waals surface area (Å²) in [6, 6.07) is 16.5. The fourth-order valence-electron chi connectivity index (χ4n) is 4.14. The van der Waals surface area contributed by atoms with E-state index in [0.717, 1.165) is 16.7 Å². The minimum Gasteiger partial charge on any atom is -0.361 e. The molecule has 33 heavy (non-hydrogen) atoms. The molecule has 2 aromatic carbocycles. The summed E-state index contributed by atoms with van der Waals surface area (Å²) in [5, 5.41) is 2.89. The quantitative estimate of drug-likeness (QED) is 0.632. The van der Waals surface area contributed by atoms with Gasteiger partial charge in [-0.1, -0.05) is 54.1 Å². The lowest BCUT2D eigenvalue weighted by Gasteiger charge is -2.41. The molecule has 1 aromatic heterocycles. The van der Waals surface area contributed by atoms with E-state index < -0.39 is 5.60 Å². The molecule has 1 aliphatic heterocycles. The summed E-state index contributed by atoms with van der Waals surface area (Å²) in [5.41, 5.74) is 3.51. The monoisotopic (exact) mass is 444 g/mol. The maximum Gasteiger partial charge on any atom is 0.274 e. The number of hydrogen-bond acceptors (Lipinski definition) is 5. The molecular weight excluding hydrogens is 416 g/mol. The highest BCUT2D eigenvalue weighted by Crippen LogP contribution is 2.27. The summed E-state index contributed by atoms with van der Waals surface area (Å²) in [4.78, 5) is 35.9. The van der Waals surface area contributed by atoms with Crippen molar-refractivity contribution in [1.82, 2.24) is 20.2 Å². The molecule has 1 unspecified atom stereocenters. The summed E-state index contributed by atoms with van der Waals surface area (Å²) in [7, 11) is 0. The van der Waals surface area contributed by atoms with Gasteiger partial charge in [-0.2, -0.15) is 0 Å². The van der Waals surface area contributed by atoms with Gasteiger partial charge in [-0.3, -0.25) is 14.6 Å². The van der Waals surface area contributed by atoms with Gasteiger partial charge in [0.2, 0.25) is 0 Å². The Hall–Kier alpha value is -3.58. The molecule has 1 atom stereocenters. The van der Waals surface area contributed by atoms with E-state index in [9.17, 15) is 9.59 Å². The number of ether oxygens (including phenoxy) is 1. The highest BCUT2D eigenvalue weighted by molar-refractivity contribution is 5.93. The molecule has 0 bridgehead atoms. The van der Waals surface area contributed by atoms with Crippen LogP contribution in [0.4, 0.5) is 0 Å². The van der Waals surface area contributed by atoms with Crippen LogP contribution in [0, 0.1) is 6.92 Å². The van der Waals surface area contributed by atoms with Crippen molar-refractivity contribution < 1.29 is 14.3 Å². The number of aromatic nitrogens is 2. The van der Waals surface area contributed by atoms with Crippen LogP contribution >= 0.6 is 0 Å². The Labute approximate surface area is 193 Å². The number of carbonyl (C=O) groups is 2. The van der Waals surface area contributed by atoms with Gasteiger partial charge in [-0.05, 0) is 30.5 Å². The third kappa shape index (κ3) is 5.09. The van der Waals surface area contributed by atoms with Gasteiger partial charge in [-0.15, -0.1) is 0 Å². The number of benzene rings is 2. The Bertz CT molecular complexity index is 1120. The van der Waals surface area contributed by atoms with Crippen LogP contribution in [0.2, 0.25) is 0 Å². The molecular formula is C26H28N4O3. The van der Waals surface area contributed by atoms with E-state index in [4.69, 9.17) is 4.74 Å². The van der Waals surface area contributed by atoms with Gasteiger partial charge in [0.25, 0.3) is 11.8 Å². The van der Waals surface area contributed by atoms with E-state index in [1.807, 2.05) is 25.1 Å². The normalized spacial score (nSPS) is 18.1. The van der Waals surface area contributed by atoms with Crippen LogP contribution < -0.4 is 5.32 Å². The van der Waals surface area contributed by atoms with E-state index in [2.05, 4.69) is 52.5 Å². The van der Waals surface area contributed by atoms with E-state index in [1.165, 1.54) is 24.2 Å². The smallest absolute Gasteiger partial charge is 0.274 e. The molecule has 1 aliphatic rings. The van der Waals surface area contributed by atoms with Crippen molar-refractivity contribution in [2.24, 2.45) is 0 Å². The molecule has 1 saturated heterocycles. The zero-order valence-corrected chi connectivity index (χ0v) is 19.0. The molecule has 0 aliphatic carbocycles. The standard InChI is InChI=1S/C26H28N4O3/c1-3-28-25(32)26(18-30(13-14-33-26)24(31)23-17-27-11-12-29-23)16-20-7-9-21(10-8-20)22-6-4-5-19(2)15-22/h4-12,15,17H,3,13-14,16,18H2,1-2H3,(H,28,32). The van der Waals surface area contributed by atoms with Gasteiger partial charge in [0, 0.05) is 31.9 Å². The molecule has 170 valence electrons. The lowest BCUT2D eigenvalue weighted by Crippen LogP contribution is -2.62. The predicted octanol–water partition coefficient (Wildman–Crippen LogP) is 3.04. The first-order valence-electron chi connectivity index (χ1n) is 11.1. The lowest BCUT2D eigenvalue weighted by atomic mass is 9.90. The summed E-state index contributed by atoms with van der Waals surface area (Å²) >= 11 is 0. The summed E-state index contributed by atoms with van der Waals surface area (Å²) in [6.07, 6.45) is 4.81. The average Bonchev–Trinajstić information content (AvgIpc) is 2.85. The third-order valence-corrected chi connectivity index (χ3v) is 5.80. The Morgan fingerprint density at radius 3 is 2.64 bits per heavy atom. The van der Waals surface area contributed by atoms with Gasteiger partial charge in [0.05, 0.1) is 19.3 Å². The molecule has 2 amide bonds. The molecule has 0 saturated carbocycles. The number of morpholine rings is 1. The van der Waals surface area contributed by atoms with E-state index in [0.29, 0.717) is 19.5 Å². The van der Waals surface area contributed by atoms with Crippen molar-refractivity contribution in [3.63, 3.8) is 0 Å². The Kier molecular flexibility index (Phi) is 6.79. The zero-order chi connectivity index (χ0) is 23.3. The SMILES string of the molecule is CCNC(=O)C1(Cc2ccc(-c3cccc(C)c3)cc2)CN(C(=O)c2cnccn2)CCO1. The molecule has 0 spiro atoms. The fraction of sp³-hybridized carbons (Fsp3) is 0.308. The highest BCUT2D eigenvalue weighted by Gasteiger charge is 2.45. The minimum atomic E-state index is -1.17. The highest BCUT2D eigenvalue weighted by atomic mass is 16.5. The molecule has 2 heterocycles. The predicted molar refractivity (Wildman–Crippen MR) is 126 cm³/mol. The van der Waals surface area contributed by atoms with E-state index in [-0.39, 0.29) is 30.7 Å². The van der Waals surface area contributed by atoms with Gasteiger partial charge in [-0.25, -0.2) is 4.98 Å². The van der Waals surface area contributed by atoms with Crippen LogP contribution in [0.15, 0.2) is 67.1 Å². The number of nitrogens with zero attached hydrogens (tertiary/aromatic N) is 3. The molecule has 1 N–H and O–H groups in total. The second-order valence-electron chi connectivity index (χ2n) is 8.26. The van der Waals surface area contributed by atoms with Crippen molar-refractivity contribution in [2.75, 3.05) is 26.2 Å². The van der Waals surface area contributed by atoms with Crippen LogP contribution in [-0.4, -0.2) is 58.5 Å². The molecule has 4 rings (SSSR count). The number of likely N-dealkylation sites (N-methyl/N-ethyl adjacent to an activating group) is 1. The van der Waals surface area contributed by atoms with Gasteiger partial charge >= 0.3 is 0 Å². The Morgan fingerprint density at radius 2 is 1.94 bits per heavy atom. The molecule has 7 heteroatoms. The minimum absolute atomic E-state index is 0.147. The summed E-state index contributed by atoms with van der Waals surface area (Å²) in [6.45, 7) is 5.23. The van der Waals surface area contributed by atoms with Crippen LogP contribution in [0.25, 0.3) is 11.1 Å². The zero-order valence-electron chi connectivity index (χ0n) is 19.0. The largest absolute Gasteiger partial charge is 0.361 e. The van der Waals surface area contributed by atoms with Gasteiger partial charge in [0.15, 0.2) is 5.60 Å². The van der Waals surface area contributed by atoms with Crippen molar-refractivity contribution in [1.29, 1.82) is 0 Å². The number of rotatable bonds is 6. The van der Waals surface area contributed by atoms with Crippen molar-refractivity contribution in [3.05, 3.63) is 83.9 Å². The molecule has 0 radical (unpaired) electrons. The maximum absolute atomic E-state index is 13.2. The lowest BCUT2D eigenvalue weighted by molar-refractivity contribution is -0.157. The van der Waals surface area contributed by atoms with Crippen LogP contribution in [-0.2, 0) is 16.0 Å². The van der Waals surface area contributed by atoms with Crippen LogP contribution in [0.5, 0.6) is 0 Å². The van der Waals surface area contributed by atoms with Crippen LogP contribution in [0.1, 0.15) is 28.5 Å². The first-order valence-corrected chi connectivity index (χ1v) is 11.1. The molecule has 1 fully saturated rings. The Morgan fingerprint density at radius 1 is 1.12 bits per heavy atom. The van der Waals surface area contributed by atoms with Gasteiger partial charge in [0.1, 0.15) is 5.69 Å². The topological polar surface area (TPSA) is 84.4 Å². The number of carbonyl (C=O) groups excluding carboxylic acids is 2. The molecule has 7 nitrogen and oxygen atoms in total. The van der Waals surface area contributed by atoms with E-state index >= 15 is 0 Å². The average molecular weight is 445 g/mol. The second-order valence-corrected chi connectivity index (χ2v) is 8.26.